The van der Waals surface area contributed by atoms with Crippen LogP contribution in [-0.4, -0.2) is 11.2 Å². The number of guanidine groups is 1. The zero-order valence-corrected chi connectivity index (χ0v) is 10.1. The second kappa shape index (κ2) is 7.51. The molecule has 5 N–H and O–H groups in total. The van der Waals surface area contributed by atoms with Crippen molar-refractivity contribution in [2.75, 3.05) is 0 Å². The van der Waals surface area contributed by atoms with Crippen LogP contribution in [0.3, 0.4) is 0 Å². The predicted octanol–water partition coefficient (Wildman–Crippen LogP) is 1.33. The smallest absolute Gasteiger partial charge is 0.234 e. The summed E-state index contributed by atoms with van der Waals surface area (Å²) in [4.78, 5) is 0. The van der Waals surface area contributed by atoms with E-state index in [0.29, 0.717) is 6.54 Å². The van der Waals surface area contributed by atoms with Crippen LogP contribution >= 0.6 is 0 Å². The van der Waals surface area contributed by atoms with Crippen LogP contribution in [-0.2, 0) is 13.0 Å². The monoisotopic (exact) mass is 236 g/mol. The third kappa shape index (κ3) is 5.21. The summed E-state index contributed by atoms with van der Waals surface area (Å²) in [6, 6.07) is 8.39. The van der Waals surface area contributed by atoms with Crippen molar-refractivity contribution in [2.24, 2.45) is 10.8 Å². The van der Waals surface area contributed by atoms with E-state index in [0.717, 1.165) is 12.0 Å². The highest BCUT2D eigenvalue weighted by atomic mass is 16.5. The van der Waals surface area contributed by atoms with E-state index in [2.05, 4.69) is 41.7 Å². The molecule has 0 heterocycles. The Morgan fingerprint density at radius 2 is 1.94 bits per heavy atom. The molecule has 0 saturated carbocycles. The lowest BCUT2D eigenvalue weighted by atomic mass is 10.1. The molecule has 17 heavy (non-hydrogen) atoms. The van der Waals surface area contributed by atoms with Gasteiger partial charge in [-0.15, -0.1) is 5.10 Å². The van der Waals surface area contributed by atoms with Gasteiger partial charge in [0, 0.05) is 0 Å². The third-order valence-electron chi connectivity index (χ3n) is 2.44. The van der Waals surface area contributed by atoms with Crippen molar-refractivity contribution in [1.29, 1.82) is 0 Å². The predicted molar refractivity (Wildman–Crippen MR) is 68.4 cm³/mol. The quantitative estimate of drug-likeness (QED) is 0.341. The van der Waals surface area contributed by atoms with Gasteiger partial charge < -0.3 is 11.2 Å². The Bertz CT molecular complexity index is 348. The molecule has 1 rings (SSSR count). The lowest BCUT2D eigenvalue weighted by Gasteiger charge is -2.04. The molecule has 0 spiro atoms. The van der Waals surface area contributed by atoms with Gasteiger partial charge in [-0.3, -0.25) is 5.21 Å². The zero-order chi connectivity index (χ0) is 12.5. The number of hydrazone groups is 1. The first-order chi connectivity index (χ1) is 8.26. The number of hydrogen-bond donors (Lipinski definition) is 4. The number of benzene rings is 1. The molecule has 5 nitrogen and oxygen atoms in total. The van der Waals surface area contributed by atoms with Crippen molar-refractivity contribution in [3.8, 4) is 0 Å². The largest absolute Gasteiger partial charge is 0.367 e. The minimum atomic E-state index is -0.0513. The Labute approximate surface area is 102 Å². The van der Waals surface area contributed by atoms with Crippen molar-refractivity contribution in [1.82, 2.24) is 10.9 Å². The van der Waals surface area contributed by atoms with Crippen LogP contribution in [0.25, 0.3) is 0 Å². The van der Waals surface area contributed by atoms with Crippen molar-refractivity contribution >= 4 is 5.96 Å². The summed E-state index contributed by atoms with van der Waals surface area (Å²) in [5.74, 6) is -0.0513. The third-order valence-corrected chi connectivity index (χ3v) is 2.44. The van der Waals surface area contributed by atoms with Crippen molar-refractivity contribution in [3.63, 3.8) is 0 Å². The summed E-state index contributed by atoms with van der Waals surface area (Å²) < 4.78 is 0. The molecule has 0 atom stereocenters. The molecular weight excluding hydrogens is 216 g/mol. The molecule has 1 aromatic rings. The minimum absolute atomic E-state index is 0.0513. The highest BCUT2D eigenvalue weighted by Crippen LogP contribution is 2.07. The van der Waals surface area contributed by atoms with Crippen molar-refractivity contribution in [3.05, 3.63) is 35.4 Å². The molecule has 0 amide bonds. The summed E-state index contributed by atoms with van der Waals surface area (Å²) >= 11 is 0. The van der Waals surface area contributed by atoms with Gasteiger partial charge in [0.05, 0.1) is 6.54 Å². The normalized spacial score (nSPS) is 11.3. The average Bonchev–Trinajstić information content (AvgIpc) is 2.37. The number of hydroxylamine groups is 1. The van der Waals surface area contributed by atoms with Gasteiger partial charge in [-0.25, -0.2) is 5.48 Å². The fraction of sp³-hybridized carbons (Fsp3) is 0.417. The fourth-order valence-electron chi connectivity index (χ4n) is 1.45. The van der Waals surface area contributed by atoms with E-state index in [4.69, 9.17) is 10.9 Å². The Morgan fingerprint density at radius 3 is 2.53 bits per heavy atom. The van der Waals surface area contributed by atoms with Crippen LogP contribution in [0.5, 0.6) is 0 Å². The van der Waals surface area contributed by atoms with Gasteiger partial charge in [-0.1, -0.05) is 37.6 Å². The molecule has 94 valence electrons. The number of hydrogen-bond acceptors (Lipinski definition) is 3. The van der Waals surface area contributed by atoms with Crippen molar-refractivity contribution in [2.45, 2.75) is 32.7 Å². The lowest BCUT2D eigenvalue weighted by molar-refractivity contribution is 0.232. The number of rotatable bonds is 6. The Hall–Kier alpha value is -1.75. The number of nitrogens with one attached hydrogen (secondary N) is 2. The molecule has 0 aromatic heterocycles. The molecule has 0 aliphatic heterocycles. The number of nitrogens with two attached hydrogens (primary N) is 1. The second-order valence-electron chi connectivity index (χ2n) is 3.86. The zero-order valence-electron chi connectivity index (χ0n) is 10.1. The molecule has 0 fully saturated rings. The lowest BCUT2D eigenvalue weighted by Crippen LogP contribution is -2.30. The summed E-state index contributed by atoms with van der Waals surface area (Å²) in [5.41, 5.74) is 12.2. The minimum Gasteiger partial charge on any atom is -0.367 e. The molecule has 1 aromatic carbocycles. The van der Waals surface area contributed by atoms with Gasteiger partial charge in [0.2, 0.25) is 5.96 Å². The van der Waals surface area contributed by atoms with Crippen LogP contribution in [0.1, 0.15) is 30.9 Å². The first kappa shape index (κ1) is 13.3. The van der Waals surface area contributed by atoms with E-state index in [1.165, 1.54) is 18.4 Å². The van der Waals surface area contributed by atoms with Gasteiger partial charge in [0.25, 0.3) is 0 Å². The molecule has 0 aliphatic carbocycles. The maximum Gasteiger partial charge on any atom is 0.234 e. The van der Waals surface area contributed by atoms with Crippen molar-refractivity contribution < 1.29 is 5.21 Å². The van der Waals surface area contributed by atoms with Gasteiger partial charge in [0.1, 0.15) is 0 Å². The van der Waals surface area contributed by atoms with E-state index in [-0.39, 0.29) is 5.96 Å². The van der Waals surface area contributed by atoms with Gasteiger partial charge in [0.15, 0.2) is 0 Å². The van der Waals surface area contributed by atoms with E-state index in [9.17, 15) is 0 Å². The summed E-state index contributed by atoms with van der Waals surface area (Å²) in [6.45, 7) is 2.77. The van der Waals surface area contributed by atoms with E-state index < -0.39 is 0 Å². The number of nitrogens with zero attached hydrogens (tertiary/aromatic N) is 1. The van der Waals surface area contributed by atoms with Crippen LogP contribution in [0.2, 0.25) is 0 Å². The maximum atomic E-state index is 8.40. The van der Waals surface area contributed by atoms with E-state index in [1.54, 1.807) is 5.48 Å². The molecule has 5 heteroatoms. The Morgan fingerprint density at radius 1 is 1.29 bits per heavy atom. The van der Waals surface area contributed by atoms with Crippen LogP contribution in [0.15, 0.2) is 29.4 Å². The molecular formula is C12H20N4O. The fourth-order valence-corrected chi connectivity index (χ4v) is 1.45. The van der Waals surface area contributed by atoms with E-state index in [1.807, 2.05) is 0 Å². The van der Waals surface area contributed by atoms with E-state index >= 15 is 0 Å². The van der Waals surface area contributed by atoms with Gasteiger partial charge >= 0.3 is 0 Å². The standard InChI is InChI=1S/C12H20N4O/c1-2-3-4-10-5-7-11(8-6-10)9-14-15-12(13)16-17/h5-8,14,17H,2-4,9H2,1H3,(H3,13,15,16). The number of aryl methyl sites for hydroxylation is 1. The maximum absolute atomic E-state index is 8.40. The molecule has 0 aliphatic rings. The Balaban J connectivity index is 2.40. The topological polar surface area (TPSA) is 82.7 Å². The molecule has 0 unspecified atom stereocenters. The van der Waals surface area contributed by atoms with Gasteiger partial charge in [-0.05, 0) is 24.0 Å². The first-order valence-electron chi connectivity index (χ1n) is 5.80. The van der Waals surface area contributed by atoms with Gasteiger partial charge in [-0.2, -0.15) is 0 Å². The number of unbranched alkanes of at least 4 members (excludes halogenated alkanes) is 1. The SMILES string of the molecule is CCCCc1ccc(CNN=C(N)NO)cc1. The van der Waals surface area contributed by atoms with Crippen LogP contribution in [0.4, 0.5) is 0 Å². The average molecular weight is 236 g/mol. The highest BCUT2D eigenvalue weighted by Gasteiger charge is 1.94. The molecule has 0 saturated heterocycles. The second-order valence-corrected chi connectivity index (χ2v) is 3.86. The van der Waals surface area contributed by atoms with Crippen LogP contribution < -0.4 is 16.6 Å². The Kier molecular flexibility index (Phi) is 5.88. The highest BCUT2D eigenvalue weighted by molar-refractivity contribution is 5.76. The molecule has 0 bridgehead atoms. The first-order valence-corrected chi connectivity index (χ1v) is 5.80. The molecule has 0 radical (unpaired) electrons. The summed E-state index contributed by atoms with van der Waals surface area (Å²) in [7, 11) is 0. The van der Waals surface area contributed by atoms with Crippen LogP contribution in [0, 0.1) is 0 Å². The summed E-state index contributed by atoms with van der Waals surface area (Å²) in [6.07, 6.45) is 3.57. The summed E-state index contributed by atoms with van der Waals surface area (Å²) in [5, 5.41) is 12.1.